The molecule has 0 aliphatic carbocycles. The second-order valence-corrected chi connectivity index (χ2v) is 4.54. The third kappa shape index (κ3) is 2.63. The van der Waals surface area contributed by atoms with Crippen molar-refractivity contribution in [3.8, 4) is 0 Å². The summed E-state index contributed by atoms with van der Waals surface area (Å²) in [6.07, 6.45) is 1.56. The quantitative estimate of drug-likeness (QED) is 0.641. The highest BCUT2D eigenvalue weighted by Crippen LogP contribution is 2.25. The SMILES string of the molecule is COC(=O)C1=CNC(=S)NC1c1ccc(Cl)cc1. The van der Waals surface area contributed by atoms with Gasteiger partial charge >= 0.3 is 5.97 Å². The van der Waals surface area contributed by atoms with E-state index in [-0.39, 0.29) is 6.04 Å². The zero-order chi connectivity index (χ0) is 13.1. The van der Waals surface area contributed by atoms with E-state index in [9.17, 15) is 4.79 Å². The van der Waals surface area contributed by atoms with Gasteiger partial charge in [0.1, 0.15) is 0 Å². The molecule has 0 radical (unpaired) electrons. The largest absolute Gasteiger partial charge is 0.466 e. The van der Waals surface area contributed by atoms with E-state index in [1.165, 1.54) is 7.11 Å². The van der Waals surface area contributed by atoms with E-state index in [1.807, 2.05) is 12.1 Å². The molecule has 6 heteroatoms. The molecule has 0 amide bonds. The minimum absolute atomic E-state index is 0.330. The molecular formula is C12H11ClN2O2S. The van der Waals surface area contributed by atoms with Crippen LogP contribution < -0.4 is 10.6 Å². The number of methoxy groups -OCH3 is 1. The fourth-order valence-corrected chi connectivity index (χ4v) is 1.99. The number of nitrogens with one attached hydrogen (secondary N) is 2. The summed E-state index contributed by atoms with van der Waals surface area (Å²) in [6, 6.07) is 6.87. The average Bonchev–Trinajstić information content (AvgIpc) is 2.38. The molecule has 1 aromatic carbocycles. The van der Waals surface area contributed by atoms with Gasteiger partial charge in [0.05, 0.1) is 18.7 Å². The Labute approximate surface area is 115 Å². The number of carbonyl (C=O) groups is 1. The van der Waals surface area contributed by atoms with Crippen molar-refractivity contribution in [3.63, 3.8) is 0 Å². The second kappa shape index (κ2) is 5.37. The lowest BCUT2D eigenvalue weighted by molar-refractivity contribution is -0.136. The number of ether oxygens (including phenoxy) is 1. The van der Waals surface area contributed by atoms with E-state index >= 15 is 0 Å². The third-order valence-electron chi connectivity index (χ3n) is 2.57. The maximum absolute atomic E-state index is 11.7. The van der Waals surface area contributed by atoms with Crippen LogP contribution in [0.2, 0.25) is 5.02 Å². The lowest BCUT2D eigenvalue weighted by Crippen LogP contribution is -2.42. The van der Waals surface area contributed by atoms with Crippen molar-refractivity contribution in [3.05, 3.63) is 46.6 Å². The first-order valence-electron chi connectivity index (χ1n) is 5.22. The summed E-state index contributed by atoms with van der Waals surface area (Å²) < 4.78 is 4.74. The highest BCUT2D eigenvalue weighted by atomic mass is 35.5. The van der Waals surface area contributed by atoms with Crippen LogP contribution in [0.15, 0.2) is 36.0 Å². The van der Waals surface area contributed by atoms with E-state index in [4.69, 9.17) is 28.6 Å². The van der Waals surface area contributed by atoms with Crippen molar-refractivity contribution in [1.82, 2.24) is 10.6 Å². The first-order chi connectivity index (χ1) is 8.61. The van der Waals surface area contributed by atoms with Crippen LogP contribution in [0.3, 0.4) is 0 Å². The Kier molecular flexibility index (Phi) is 3.84. The van der Waals surface area contributed by atoms with Crippen LogP contribution >= 0.6 is 23.8 Å². The van der Waals surface area contributed by atoms with E-state index in [2.05, 4.69) is 10.6 Å². The van der Waals surface area contributed by atoms with Gasteiger partial charge in [-0.05, 0) is 29.9 Å². The lowest BCUT2D eigenvalue weighted by atomic mass is 9.98. The fourth-order valence-electron chi connectivity index (χ4n) is 1.69. The van der Waals surface area contributed by atoms with Crippen molar-refractivity contribution in [1.29, 1.82) is 0 Å². The standard InChI is InChI=1S/C12H11ClN2O2S/c1-17-11(16)9-6-14-12(18)15-10(9)7-2-4-8(13)5-3-7/h2-6,10H,1H3,(H2,14,15,18). The minimum atomic E-state index is -0.405. The van der Waals surface area contributed by atoms with E-state index in [1.54, 1.807) is 18.3 Å². The van der Waals surface area contributed by atoms with Crippen LogP contribution in [-0.4, -0.2) is 18.2 Å². The molecule has 2 N–H and O–H groups in total. The molecule has 0 spiro atoms. The Bertz CT molecular complexity index is 513. The van der Waals surface area contributed by atoms with Gasteiger partial charge in [0.25, 0.3) is 0 Å². The lowest BCUT2D eigenvalue weighted by Gasteiger charge is -2.26. The summed E-state index contributed by atoms with van der Waals surface area (Å²) in [5.41, 5.74) is 1.35. The normalized spacial score (nSPS) is 18.4. The first-order valence-corrected chi connectivity index (χ1v) is 6.01. The number of thiocarbonyl (C=S) groups is 1. The maximum Gasteiger partial charge on any atom is 0.337 e. The Hall–Kier alpha value is -1.59. The molecule has 1 aliphatic rings. The summed E-state index contributed by atoms with van der Waals surface area (Å²) in [7, 11) is 1.34. The van der Waals surface area contributed by atoms with Crippen LogP contribution in [0.5, 0.6) is 0 Å². The molecule has 0 aromatic heterocycles. The van der Waals surface area contributed by atoms with Crippen LogP contribution in [0, 0.1) is 0 Å². The molecule has 1 heterocycles. The van der Waals surface area contributed by atoms with Crippen LogP contribution in [-0.2, 0) is 9.53 Å². The van der Waals surface area contributed by atoms with Gasteiger partial charge in [0.15, 0.2) is 5.11 Å². The van der Waals surface area contributed by atoms with E-state index < -0.39 is 5.97 Å². The van der Waals surface area contributed by atoms with Gasteiger partial charge in [-0.25, -0.2) is 4.79 Å². The van der Waals surface area contributed by atoms with Crippen LogP contribution in [0.25, 0.3) is 0 Å². The molecule has 18 heavy (non-hydrogen) atoms. The number of carbonyl (C=O) groups excluding carboxylic acids is 1. The number of hydrogen-bond donors (Lipinski definition) is 2. The Morgan fingerprint density at radius 1 is 1.39 bits per heavy atom. The average molecular weight is 283 g/mol. The summed E-state index contributed by atoms with van der Waals surface area (Å²) in [4.78, 5) is 11.7. The predicted octanol–water partition coefficient (Wildman–Crippen LogP) is 1.92. The molecule has 0 bridgehead atoms. The van der Waals surface area contributed by atoms with Gasteiger partial charge in [0, 0.05) is 11.2 Å². The van der Waals surface area contributed by atoms with Crippen molar-refractivity contribution >= 4 is 34.9 Å². The molecule has 1 aromatic rings. The number of esters is 1. The van der Waals surface area contributed by atoms with Crippen molar-refractivity contribution in [2.24, 2.45) is 0 Å². The van der Waals surface area contributed by atoms with Gasteiger partial charge < -0.3 is 15.4 Å². The minimum Gasteiger partial charge on any atom is -0.466 e. The molecular weight excluding hydrogens is 272 g/mol. The molecule has 4 nitrogen and oxygen atoms in total. The highest BCUT2D eigenvalue weighted by Gasteiger charge is 2.27. The van der Waals surface area contributed by atoms with Crippen LogP contribution in [0.4, 0.5) is 0 Å². The Morgan fingerprint density at radius 3 is 2.67 bits per heavy atom. The van der Waals surface area contributed by atoms with E-state index in [0.717, 1.165) is 5.56 Å². The van der Waals surface area contributed by atoms with Crippen LogP contribution in [0.1, 0.15) is 11.6 Å². The molecule has 94 valence electrons. The molecule has 0 saturated heterocycles. The number of hydrogen-bond acceptors (Lipinski definition) is 3. The number of benzene rings is 1. The second-order valence-electron chi connectivity index (χ2n) is 3.69. The van der Waals surface area contributed by atoms with Gasteiger partial charge in [-0.3, -0.25) is 0 Å². The molecule has 0 fully saturated rings. The molecule has 0 saturated carbocycles. The monoisotopic (exact) mass is 282 g/mol. The Morgan fingerprint density at radius 2 is 2.06 bits per heavy atom. The topological polar surface area (TPSA) is 50.4 Å². The maximum atomic E-state index is 11.7. The first kappa shape index (κ1) is 12.9. The van der Waals surface area contributed by atoms with Gasteiger partial charge in [-0.15, -0.1) is 0 Å². The smallest absolute Gasteiger partial charge is 0.337 e. The summed E-state index contributed by atoms with van der Waals surface area (Å²) in [5.74, 6) is -0.405. The highest BCUT2D eigenvalue weighted by molar-refractivity contribution is 7.80. The molecule has 1 atom stereocenters. The molecule has 1 aliphatic heterocycles. The zero-order valence-electron chi connectivity index (χ0n) is 9.57. The van der Waals surface area contributed by atoms with Gasteiger partial charge in [-0.2, -0.15) is 0 Å². The zero-order valence-corrected chi connectivity index (χ0v) is 11.1. The number of halogens is 1. The van der Waals surface area contributed by atoms with E-state index in [0.29, 0.717) is 15.7 Å². The molecule has 2 rings (SSSR count). The van der Waals surface area contributed by atoms with Crippen molar-refractivity contribution < 1.29 is 9.53 Å². The molecule has 1 unspecified atom stereocenters. The summed E-state index contributed by atoms with van der Waals surface area (Å²) in [6.45, 7) is 0. The summed E-state index contributed by atoms with van der Waals surface area (Å²) >= 11 is 10.9. The third-order valence-corrected chi connectivity index (χ3v) is 3.06. The predicted molar refractivity (Wildman–Crippen MR) is 73.2 cm³/mol. The van der Waals surface area contributed by atoms with Gasteiger partial charge in [-0.1, -0.05) is 23.7 Å². The number of rotatable bonds is 2. The van der Waals surface area contributed by atoms with Crippen molar-refractivity contribution in [2.75, 3.05) is 7.11 Å². The fraction of sp³-hybridized carbons (Fsp3) is 0.167. The van der Waals surface area contributed by atoms with Gasteiger partial charge in [0.2, 0.25) is 0 Å². The Balaban J connectivity index is 2.36. The summed E-state index contributed by atoms with van der Waals surface area (Å²) in [5, 5.41) is 6.91. The van der Waals surface area contributed by atoms with Crippen molar-refractivity contribution in [2.45, 2.75) is 6.04 Å².